The molecule has 8 nitrogen and oxygen atoms in total. The van der Waals surface area contributed by atoms with Gasteiger partial charge in [-0.25, -0.2) is 4.68 Å². The highest BCUT2D eigenvalue weighted by Gasteiger charge is 2.20. The largest absolute Gasteiger partial charge is 0.497 e. The third-order valence-corrected chi connectivity index (χ3v) is 4.26. The van der Waals surface area contributed by atoms with Crippen LogP contribution in [0.1, 0.15) is 12.6 Å². The van der Waals surface area contributed by atoms with Crippen LogP contribution >= 0.6 is 0 Å². The average Bonchev–Trinajstić information content (AvgIpc) is 3.36. The minimum atomic E-state index is 0.309. The van der Waals surface area contributed by atoms with Gasteiger partial charge in [0.2, 0.25) is 5.82 Å². The van der Waals surface area contributed by atoms with Gasteiger partial charge in [-0.1, -0.05) is 22.5 Å². The zero-order chi connectivity index (χ0) is 19.5. The maximum Gasteiger partial charge on any atom is 0.280 e. The first-order valence-corrected chi connectivity index (χ1v) is 8.84. The number of hydrogen-bond donors (Lipinski definition) is 0. The molecule has 2 aromatic carbocycles. The zero-order valence-corrected chi connectivity index (χ0v) is 15.8. The van der Waals surface area contributed by atoms with E-state index in [1.165, 1.54) is 0 Å². The fourth-order valence-electron chi connectivity index (χ4n) is 2.84. The predicted octanol–water partition coefficient (Wildman–Crippen LogP) is 3.70. The van der Waals surface area contributed by atoms with Gasteiger partial charge < -0.3 is 14.0 Å². The SMILES string of the molecule is CCOc1ccccc1-n1nnc(-c2nc(-c3ccc(OC)cc3)no2)c1C. The van der Waals surface area contributed by atoms with E-state index in [9.17, 15) is 0 Å². The maximum absolute atomic E-state index is 5.69. The highest BCUT2D eigenvalue weighted by molar-refractivity contribution is 5.60. The van der Waals surface area contributed by atoms with E-state index in [2.05, 4.69) is 20.5 Å². The average molecular weight is 377 g/mol. The van der Waals surface area contributed by atoms with Crippen LogP contribution in [0, 0.1) is 6.92 Å². The number of para-hydroxylation sites is 2. The van der Waals surface area contributed by atoms with Gasteiger partial charge in [0.15, 0.2) is 5.69 Å². The lowest BCUT2D eigenvalue weighted by Crippen LogP contribution is -2.03. The number of aromatic nitrogens is 5. The maximum atomic E-state index is 5.69. The summed E-state index contributed by atoms with van der Waals surface area (Å²) in [5.74, 6) is 2.28. The molecule has 0 N–H and O–H groups in total. The molecule has 0 bridgehead atoms. The summed E-state index contributed by atoms with van der Waals surface area (Å²) in [7, 11) is 1.62. The van der Waals surface area contributed by atoms with E-state index in [1.54, 1.807) is 11.8 Å². The molecular weight excluding hydrogens is 358 g/mol. The van der Waals surface area contributed by atoms with Crippen LogP contribution < -0.4 is 9.47 Å². The molecule has 0 radical (unpaired) electrons. The van der Waals surface area contributed by atoms with Crippen LogP contribution in [0.3, 0.4) is 0 Å². The molecule has 0 saturated heterocycles. The highest BCUT2D eigenvalue weighted by Crippen LogP contribution is 2.28. The van der Waals surface area contributed by atoms with Gasteiger partial charge >= 0.3 is 0 Å². The number of hydrogen-bond acceptors (Lipinski definition) is 7. The normalized spacial score (nSPS) is 10.8. The smallest absolute Gasteiger partial charge is 0.280 e. The van der Waals surface area contributed by atoms with Gasteiger partial charge in [-0.3, -0.25) is 0 Å². The Bertz CT molecular complexity index is 1090. The van der Waals surface area contributed by atoms with Crippen LogP contribution in [0.4, 0.5) is 0 Å². The van der Waals surface area contributed by atoms with Crippen LogP contribution in [0.2, 0.25) is 0 Å². The van der Waals surface area contributed by atoms with Crippen molar-refractivity contribution in [1.82, 2.24) is 25.1 Å². The Morgan fingerprint density at radius 1 is 1.07 bits per heavy atom. The number of ether oxygens (including phenoxy) is 2. The Morgan fingerprint density at radius 2 is 1.86 bits per heavy atom. The number of methoxy groups -OCH3 is 1. The summed E-state index contributed by atoms with van der Waals surface area (Å²) in [5, 5.41) is 12.6. The van der Waals surface area contributed by atoms with Gasteiger partial charge in [-0.15, -0.1) is 5.10 Å². The second-order valence-electron chi connectivity index (χ2n) is 5.99. The van der Waals surface area contributed by atoms with Crippen molar-refractivity contribution in [2.24, 2.45) is 0 Å². The fourth-order valence-corrected chi connectivity index (χ4v) is 2.84. The van der Waals surface area contributed by atoms with Crippen LogP contribution in [0.15, 0.2) is 53.1 Å². The predicted molar refractivity (Wildman–Crippen MR) is 103 cm³/mol. The molecular formula is C20H19N5O3. The second-order valence-corrected chi connectivity index (χ2v) is 5.99. The lowest BCUT2D eigenvalue weighted by Gasteiger charge is -2.10. The summed E-state index contributed by atoms with van der Waals surface area (Å²) in [6, 6.07) is 15.1. The van der Waals surface area contributed by atoms with Crippen molar-refractivity contribution in [3.8, 4) is 40.2 Å². The Balaban J connectivity index is 1.68. The van der Waals surface area contributed by atoms with Crippen LogP contribution in [0.5, 0.6) is 11.5 Å². The van der Waals surface area contributed by atoms with Gasteiger partial charge in [0.1, 0.15) is 17.2 Å². The van der Waals surface area contributed by atoms with Gasteiger partial charge in [0.05, 0.1) is 19.4 Å². The summed E-state index contributed by atoms with van der Waals surface area (Å²) >= 11 is 0. The first kappa shape index (κ1) is 17.7. The topological polar surface area (TPSA) is 88.1 Å². The van der Waals surface area contributed by atoms with Gasteiger partial charge in [-0.05, 0) is 50.2 Å². The van der Waals surface area contributed by atoms with Crippen LogP contribution in [-0.2, 0) is 0 Å². The molecule has 0 unspecified atom stereocenters. The molecule has 0 atom stereocenters. The van der Waals surface area contributed by atoms with Crippen LogP contribution in [0.25, 0.3) is 28.7 Å². The minimum Gasteiger partial charge on any atom is -0.497 e. The molecule has 0 aliphatic carbocycles. The molecule has 8 heteroatoms. The molecule has 2 heterocycles. The van der Waals surface area contributed by atoms with Crippen molar-refractivity contribution in [2.75, 3.05) is 13.7 Å². The molecule has 0 aliphatic rings. The van der Waals surface area contributed by atoms with Crippen molar-refractivity contribution >= 4 is 0 Å². The summed E-state index contributed by atoms with van der Waals surface area (Å²) in [5.41, 5.74) is 2.92. The van der Waals surface area contributed by atoms with Gasteiger partial charge in [-0.2, -0.15) is 4.98 Å². The zero-order valence-electron chi connectivity index (χ0n) is 15.8. The number of rotatable bonds is 6. The van der Waals surface area contributed by atoms with E-state index in [1.807, 2.05) is 62.4 Å². The third kappa shape index (κ3) is 3.20. The lowest BCUT2D eigenvalue weighted by atomic mass is 10.2. The Labute approximate surface area is 161 Å². The summed E-state index contributed by atoms with van der Waals surface area (Å²) in [6.45, 7) is 4.40. The molecule has 0 spiro atoms. The molecule has 142 valence electrons. The lowest BCUT2D eigenvalue weighted by molar-refractivity contribution is 0.338. The molecule has 4 aromatic rings. The molecule has 2 aromatic heterocycles. The third-order valence-electron chi connectivity index (χ3n) is 4.26. The van der Waals surface area contributed by atoms with E-state index in [-0.39, 0.29) is 0 Å². The first-order chi connectivity index (χ1) is 13.7. The molecule has 0 fully saturated rings. The Morgan fingerprint density at radius 3 is 2.61 bits per heavy atom. The monoisotopic (exact) mass is 377 g/mol. The molecule has 0 saturated carbocycles. The number of benzene rings is 2. The van der Waals surface area contributed by atoms with E-state index in [0.29, 0.717) is 24.0 Å². The van der Waals surface area contributed by atoms with Crippen LogP contribution in [-0.4, -0.2) is 38.9 Å². The standard InChI is InChI=1S/C20H19N5O3/c1-4-27-17-8-6-5-7-16(17)25-13(2)18(22-24-25)20-21-19(23-28-20)14-9-11-15(26-3)12-10-14/h5-12H,4H2,1-3H3. The molecule has 28 heavy (non-hydrogen) atoms. The molecule has 0 amide bonds. The number of nitrogens with zero attached hydrogens (tertiary/aromatic N) is 5. The van der Waals surface area contributed by atoms with Crippen molar-refractivity contribution in [2.45, 2.75) is 13.8 Å². The summed E-state index contributed by atoms with van der Waals surface area (Å²) in [6.07, 6.45) is 0. The molecule has 4 rings (SSSR count). The fraction of sp³-hybridized carbons (Fsp3) is 0.200. The summed E-state index contributed by atoms with van der Waals surface area (Å²) < 4.78 is 18.0. The van der Waals surface area contributed by atoms with E-state index in [4.69, 9.17) is 14.0 Å². The molecule has 0 aliphatic heterocycles. The van der Waals surface area contributed by atoms with E-state index >= 15 is 0 Å². The Hall–Kier alpha value is -3.68. The quantitative estimate of drug-likeness (QED) is 0.506. The van der Waals surface area contributed by atoms with Crippen molar-refractivity contribution in [3.63, 3.8) is 0 Å². The van der Waals surface area contributed by atoms with Crippen molar-refractivity contribution in [3.05, 3.63) is 54.2 Å². The second kappa shape index (κ2) is 7.51. The summed E-state index contributed by atoms with van der Waals surface area (Å²) in [4.78, 5) is 4.47. The minimum absolute atomic E-state index is 0.309. The van der Waals surface area contributed by atoms with Gasteiger partial charge in [0.25, 0.3) is 5.89 Å². The van der Waals surface area contributed by atoms with Gasteiger partial charge in [0, 0.05) is 5.56 Å². The van der Waals surface area contributed by atoms with Crippen molar-refractivity contribution in [1.29, 1.82) is 0 Å². The van der Waals surface area contributed by atoms with Crippen molar-refractivity contribution < 1.29 is 14.0 Å². The van der Waals surface area contributed by atoms with E-state index in [0.717, 1.165) is 28.4 Å². The Kier molecular flexibility index (Phi) is 4.76. The first-order valence-electron chi connectivity index (χ1n) is 8.84. The highest BCUT2D eigenvalue weighted by atomic mass is 16.5. The van der Waals surface area contributed by atoms with E-state index < -0.39 is 0 Å².